The SMILES string of the molecule is O=C(Nn1cnnc1)c1ccccc1[N+](=O)[O-]. The van der Waals surface area contributed by atoms with Crippen molar-refractivity contribution in [3.63, 3.8) is 0 Å². The second kappa shape index (κ2) is 4.39. The van der Waals surface area contributed by atoms with Crippen LogP contribution in [-0.4, -0.2) is 25.7 Å². The lowest BCUT2D eigenvalue weighted by Gasteiger charge is -2.04. The number of nitrogens with zero attached hydrogens (tertiary/aromatic N) is 4. The van der Waals surface area contributed by atoms with Crippen molar-refractivity contribution in [1.29, 1.82) is 0 Å². The molecular formula is C9H7N5O3. The molecule has 0 aliphatic rings. The Labute approximate surface area is 95.0 Å². The maximum atomic E-state index is 11.7. The van der Waals surface area contributed by atoms with Crippen molar-refractivity contribution >= 4 is 11.6 Å². The first-order valence-corrected chi connectivity index (χ1v) is 4.58. The predicted molar refractivity (Wildman–Crippen MR) is 56.8 cm³/mol. The van der Waals surface area contributed by atoms with E-state index in [-0.39, 0.29) is 11.3 Å². The zero-order valence-electron chi connectivity index (χ0n) is 8.48. The van der Waals surface area contributed by atoms with Gasteiger partial charge in [-0.1, -0.05) is 12.1 Å². The fraction of sp³-hybridized carbons (Fsp3) is 0. The Balaban J connectivity index is 2.28. The van der Waals surface area contributed by atoms with E-state index in [1.807, 2.05) is 0 Å². The van der Waals surface area contributed by atoms with E-state index < -0.39 is 10.8 Å². The standard InChI is InChI=1S/C9H7N5O3/c15-9(12-13-5-10-11-6-13)7-3-1-2-4-8(7)14(16)17/h1-6H,(H,12,15). The summed E-state index contributed by atoms with van der Waals surface area (Å²) in [7, 11) is 0. The molecule has 1 amide bonds. The fourth-order valence-corrected chi connectivity index (χ4v) is 1.26. The van der Waals surface area contributed by atoms with Gasteiger partial charge in [-0.05, 0) is 6.07 Å². The summed E-state index contributed by atoms with van der Waals surface area (Å²) in [6.07, 6.45) is 2.54. The average Bonchev–Trinajstić information content (AvgIpc) is 2.81. The van der Waals surface area contributed by atoms with E-state index in [0.29, 0.717) is 0 Å². The van der Waals surface area contributed by atoms with Gasteiger partial charge in [0.25, 0.3) is 11.6 Å². The second-order valence-electron chi connectivity index (χ2n) is 3.08. The van der Waals surface area contributed by atoms with E-state index in [1.54, 1.807) is 6.07 Å². The summed E-state index contributed by atoms with van der Waals surface area (Å²) >= 11 is 0. The van der Waals surface area contributed by atoms with Crippen molar-refractivity contribution in [2.24, 2.45) is 0 Å². The molecule has 0 radical (unpaired) electrons. The number of para-hydroxylation sites is 1. The summed E-state index contributed by atoms with van der Waals surface area (Å²) in [5.74, 6) is -0.600. The Kier molecular flexibility index (Phi) is 2.77. The summed E-state index contributed by atoms with van der Waals surface area (Å²) in [4.78, 5) is 21.9. The van der Waals surface area contributed by atoms with Gasteiger partial charge in [-0.2, -0.15) is 0 Å². The van der Waals surface area contributed by atoms with Crippen LogP contribution in [0.1, 0.15) is 10.4 Å². The molecular weight excluding hydrogens is 226 g/mol. The third-order valence-corrected chi connectivity index (χ3v) is 1.99. The minimum absolute atomic E-state index is 0.0220. The van der Waals surface area contributed by atoms with Crippen molar-refractivity contribution in [2.75, 3.05) is 5.43 Å². The minimum Gasteiger partial charge on any atom is -0.267 e. The third-order valence-electron chi connectivity index (χ3n) is 1.99. The van der Waals surface area contributed by atoms with Gasteiger partial charge in [-0.3, -0.25) is 20.3 Å². The molecule has 0 spiro atoms. The second-order valence-corrected chi connectivity index (χ2v) is 3.08. The Morgan fingerprint density at radius 3 is 2.59 bits per heavy atom. The van der Waals surface area contributed by atoms with Gasteiger partial charge in [0.2, 0.25) is 0 Å². The first-order chi connectivity index (χ1) is 8.18. The summed E-state index contributed by atoms with van der Waals surface area (Å²) in [6.45, 7) is 0. The Hall–Kier alpha value is -2.77. The van der Waals surface area contributed by atoms with E-state index >= 15 is 0 Å². The van der Waals surface area contributed by atoms with Gasteiger partial charge < -0.3 is 0 Å². The molecule has 1 aromatic carbocycles. The number of hydrogen-bond donors (Lipinski definition) is 1. The molecule has 8 heteroatoms. The zero-order chi connectivity index (χ0) is 12.3. The van der Waals surface area contributed by atoms with Gasteiger partial charge in [0.15, 0.2) is 0 Å². The van der Waals surface area contributed by atoms with Gasteiger partial charge in [0.05, 0.1) is 4.92 Å². The van der Waals surface area contributed by atoms with Crippen LogP contribution in [0, 0.1) is 10.1 Å². The number of amides is 1. The number of nitro groups is 1. The van der Waals surface area contributed by atoms with E-state index in [0.717, 1.165) is 0 Å². The van der Waals surface area contributed by atoms with Crippen LogP contribution in [-0.2, 0) is 0 Å². The first kappa shape index (κ1) is 10.7. The first-order valence-electron chi connectivity index (χ1n) is 4.58. The molecule has 0 saturated carbocycles. The zero-order valence-corrected chi connectivity index (χ0v) is 8.48. The topological polar surface area (TPSA) is 103 Å². The minimum atomic E-state index is -0.610. The molecule has 8 nitrogen and oxygen atoms in total. The summed E-state index contributed by atoms with van der Waals surface area (Å²) in [6, 6.07) is 5.68. The van der Waals surface area contributed by atoms with Crippen LogP contribution in [0.15, 0.2) is 36.9 Å². The van der Waals surface area contributed by atoms with E-state index in [1.165, 1.54) is 35.5 Å². The van der Waals surface area contributed by atoms with Crippen molar-refractivity contribution in [1.82, 2.24) is 14.9 Å². The molecule has 86 valence electrons. The molecule has 2 aromatic rings. The number of nitrogens with one attached hydrogen (secondary N) is 1. The fourth-order valence-electron chi connectivity index (χ4n) is 1.26. The van der Waals surface area contributed by atoms with Gasteiger partial charge in [-0.25, -0.2) is 4.68 Å². The molecule has 1 aromatic heterocycles. The number of hydrogen-bond acceptors (Lipinski definition) is 5. The Bertz CT molecular complexity index is 552. The van der Waals surface area contributed by atoms with Crippen molar-refractivity contribution in [2.45, 2.75) is 0 Å². The lowest BCUT2D eigenvalue weighted by molar-refractivity contribution is -0.385. The molecule has 17 heavy (non-hydrogen) atoms. The average molecular weight is 233 g/mol. The molecule has 0 atom stereocenters. The number of nitro benzene ring substituents is 1. The predicted octanol–water partition coefficient (Wildman–Crippen LogP) is 0.570. The normalized spacial score (nSPS) is 9.88. The maximum absolute atomic E-state index is 11.7. The van der Waals surface area contributed by atoms with Crippen LogP contribution in [0.2, 0.25) is 0 Å². The van der Waals surface area contributed by atoms with Gasteiger partial charge in [0, 0.05) is 6.07 Å². The lowest BCUT2D eigenvalue weighted by Crippen LogP contribution is -2.22. The Morgan fingerprint density at radius 1 is 1.29 bits per heavy atom. The molecule has 0 bridgehead atoms. The van der Waals surface area contributed by atoms with Gasteiger partial charge in [0.1, 0.15) is 18.2 Å². The number of aromatic nitrogens is 3. The van der Waals surface area contributed by atoms with Crippen LogP contribution >= 0.6 is 0 Å². The quantitative estimate of drug-likeness (QED) is 0.616. The summed E-state index contributed by atoms with van der Waals surface area (Å²) < 4.78 is 1.21. The van der Waals surface area contributed by atoms with Gasteiger partial charge in [-0.15, -0.1) is 10.2 Å². The van der Waals surface area contributed by atoms with Crippen LogP contribution in [0.25, 0.3) is 0 Å². The van der Waals surface area contributed by atoms with Crippen molar-refractivity contribution in [3.8, 4) is 0 Å². The van der Waals surface area contributed by atoms with Crippen molar-refractivity contribution < 1.29 is 9.72 Å². The highest BCUT2D eigenvalue weighted by Crippen LogP contribution is 2.17. The van der Waals surface area contributed by atoms with E-state index in [2.05, 4.69) is 15.6 Å². The van der Waals surface area contributed by atoms with E-state index in [4.69, 9.17) is 0 Å². The molecule has 1 N–H and O–H groups in total. The molecule has 0 fully saturated rings. The highest BCUT2D eigenvalue weighted by Gasteiger charge is 2.19. The van der Waals surface area contributed by atoms with E-state index in [9.17, 15) is 14.9 Å². The third kappa shape index (κ3) is 2.25. The number of carbonyl (C=O) groups is 1. The van der Waals surface area contributed by atoms with Crippen LogP contribution in [0.4, 0.5) is 5.69 Å². The summed E-state index contributed by atoms with van der Waals surface area (Å²) in [5, 5.41) is 17.7. The lowest BCUT2D eigenvalue weighted by atomic mass is 10.2. The van der Waals surface area contributed by atoms with Crippen LogP contribution < -0.4 is 5.43 Å². The van der Waals surface area contributed by atoms with Crippen LogP contribution in [0.5, 0.6) is 0 Å². The largest absolute Gasteiger partial charge is 0.282 e. The maximum Gasteiger partial charge on any atom is 0.282 e. The highest BCUT2D eigenvalue weighted by atomic mass is 16.6. The summed E-state index contributed by atoms with van der Waals surface area (Å²) in [5.41, 5.74) is 2.11. The molecule has 0 unspecified atom stereocenters. The highest BCUT2D eigenvalue weighted by molar-refractivity contribution is 6.03. The van der Waals surface area contributed by atoms with Gasteiger partial charge >= 0.3 is 0 Å². The molecule has 0 aliphatic carbocycles. The molecule has 0 aliphatic heterocycles. The van der Waals surface area contributed by atoms with Crippen molar-refractivity contribution in [3.05, 3.63) is 52.6 Å². The smallest absolute Gasteiger partial charge is 0.267 e. The van der Waals surface area contributed by atoms with Crippen LogP contribution in [0.3, 0.4) is 0 Å². The molecule has 0 saturated heterocycles. The number of benzene rings is 1. The Morgan fingerprint density at radius 2 is 1.94 bits per heavy atom. The monoisotopic (exact) mass is 233 g/mol. The molecule has 2 rings (SSSR count). The number of carbonyl (C=O) groups excluding carboxylic acids is 1. The number of rotatable bonds is 3. The molecule has 1 heterocycles.